The van der Waals surface area contributed by atoms with Gasteiger partial charge in [-0.25, -0.2) is 0 Å². The van der Waals surface area contributed by atoms with Crippen LogP contribution in [0.15, 0.2) is 0 Å². The third-order valence-electron chi connectivity index (χ3n) is 2.22. The summed E-state index contributed by atoms with van der Waals surface area (Å²) in [5, 5.41) is 0. The van der Waals surface area contributed by atoms with Gasteiger partial charge in [0.1, 0.15) is 0 Å². The van der Waals surface area contributed by atoms with E-state index < -0.39 is 4.32 Å². The minimum absolute atomic E-state index is 0.137. The van der Waals surface area contributed by atoms with E-state index in [1.54, 1.807) is 0 Å². The van der Waals surface area contributed by atoms with Gasteiger partial charge in [-0.1, -0.05) is 15.9 Å². The van der Waals surface area contributed by atoms with Gasteiger partial charge in [0.2, 0.25) is 5.91 Å². The number of carbonyl (C=O) groups is 1. The second-order valence-electron chi connectivity index (χ2n) is 4.44. The predicted molar refractivity (Wildman–Crippen MR) is 59.6 cm³/mol. The van der Waals surface area contributed by atoms with Crippen molar-refractivity contribution >= 4 is 21.8 Å². The summed E-state index contributed by atoms with van der Waals surface area (Å²) in [5.41, 5.74) is 0. The van der Waals surface area contributed by atoms with Crippen LogP contribution in [0.4, 0.5) is 0 Å². The van der Waals surface area contributed by atoms with Crippen molar-refractivity contribution in [1.82, 2.24) is 4.90 Å². The first-order chi connectivity index (χ1) is 6.30. The predicted octanol–water partition coefficient (Wildman–Crippen LogP) is 1.80. The lowest BCUT2D eigenvalue weighted by atomic mass is 10.1. The number of nitrogens with zero attached hydrogens (tertiary/aromatic N) is 1. The Balaban J connectivity index is 2.64. The van der Waals surface area contributed by atoms with Crippen LogP contribution >= 0.6 is 15.9 Å². The molecule has 0 bridgehead atoms. The molecule has 0 aromatic carbocycles. The monoisotopic (exact) mass is 263 g/mol. The van der Waals surface area contributed by atoms with Crippen LogP contribution in [0.1, 0.15) is 27.7 Å². The van der Waals surface area contributed by atoms with Crippen LogP contribution in [-0.2, 0) is 9.53 Å². The summed E-state index contributed by atoms with van der Waals surface area (Å²) >= 11 is 3.39. The molecule has 0 N–H and O–H groups in total. The largest absolute Gasteiger partial charge is 0.372 e. The summed E-state index contributed by atoms with van der Waals surface area (Å²) in [5.74, 6) is 0.138. The summed E-state index contributed by atoms with van der Waals surface area (Å²) in [7, 11) is 0. The Bertz CT molecular complexity index is 215. The lowest BCUT2D eigenvalue weighted by molar-refractivity contribution is -0.144. The summed E-state index contributed by atoms with van der Waals surface area (Å²) in [6.07, 6.45) is 0.273. The van der Waals surface area contributed by atoms with Crippen molar-refractivity contribution in [3.05, 3.63) is 0 Å². The molecule has 0 aliphatic carbocycles. The van der Waals surface area contributed by atoms with Crippen LogP contribution in [0.3, 0.4) is 0 Å². The van der Waals surface area contributed by atoms with Crippen molar-refractivity contribution in [3.8, 4) is 0 Å². The minimum Gasteiger partial charge on any atom is -0.372 e. The molecule has 1 saturated heterocycles. The van der Waals surface area contributed by atoms with E-state index in [2.05, 4.69) is 15.9 Å². The van der Waals surface area contributed by atoms with Crippen LogP contribution in [0, 0.1) is 0 Å². The smallest absolute Gasteiger partial charge is 0.239 e. The van der Waals surface area contributed by atoms with Gasteiger partial charge in [-0.05, 0) is 27.7 Å². The van der Waals surface area contributed by atoms with Gasteiger partial charge in [0, 0.05) is 13.1 Å². The standard InChI is InChI=1S/C10H18BrNO2/c1-7-5-12(6-8(2)14-7)9(13)10(3,4)11/h7-8H,5-6H2,1-4H3. The molecule has 1 aliphatic rings. The van der Waals surface area contributed by atoms with Crippen molar-refractivity contribution in [2.24, 2.45) is 0 Å². The molecule has 1 amide bonds. The zero-order valence-corrected chi connectivity index (χ0v) is 10.8. The fourth-order valence-electron chi connectivity index (χ4n) is 1.72. The zero-order valence-electron chi connectivity index (χ0n) is 9.21. The van der Waals surface area contributed by atoms with Crippen molar-refractivity contribution in [2.45, 2.75) is 44.2 Å². The average molecular weight is 264 g/mol. The number of morpholine rings is 1. The molecule has 1 heterocycles. The van der Waals surface area contributed by atoms with Gasteiger partial charge in [-0.15, -0.1) is 0 Å². The van der Waals surface area contributed by atoms with Crippen molar-refractivity contribution in [3.63, 3.8) is 0 Å². The molecule has 2 atom stereocenters. The van der Waals surface area contributed by atoms with E-state index >= 15 is 0 Å². The third-order valence-corrected chi connectivity index (χ3v) is 2.55. The zero-order chi connectivity index (χ0) is 10.9. The number of rotatable bonds is 1. The Kier molecular flexibility index (Phi) is 3.58. The SMILES string of the molecule is CC1CN(C(=O)C(C)(C)Br)CC(C)O1. The molecular weight excluding hydrogens is 246 g/mol. The van der Waals surface area contributed by atoms with Gasteiger partial charge in [-0.2, -0.15) is 0 Å². The van der Waals surface area contributed by atoms with Gasteiger partial charge in [0.25, 0.3) is 0 Å². The fraction of sp³-hybridized carbons (Fsp3) is 0.900. The summed E-state index contributed by atoms with van der Waals surface area (Å²) in [6.45, 7) is 9.13. The van der Waals surface area contributed by atoms with E-state index in [9.17, 15) is 4.79 Å². The van der Waals surface area contributed by atoms with Gasteiger partial charge >= 0.3 is 0 Å². The first-order valence-corrected chi connectivity index (χ1v) is 5.73. The molecule has 0 radical (unpaired) electrons. The maximum atomic E-state index is 11.9. The molecule has 3 nitrogen and oxygen atoms in total. The van der Waals surface area contributed by atoms with Crippen LogP contribution in [-0.4, -0.2) is 40.4 Å². The number of hydrogen-bond donors (Lipinski definition) is 0. The molecule has 0 aromatic heterocycles. The van der Waals surface area contributed by atoms with Crippen LogP contribution in [0.5, 0.6) is 0 Å². The fourth-order valence-corrected chi connectivity index (χ4v) is 1.97. The second-order valence-corrected chi connectivity index (χ2v) is 6.42. The molecule has 0 aromatic rings. The highest BCUT2D eigenvalue weighted by Gasteiger charge is 2.33. The molecule has 1 aliphatic heterocycles. The van der Waals surface area contributed by atoms with Crippen LogP contribution in [0.2, 0.25) is 0 Å². The van der Waals surface area contributed by atoms with E-state index in [0.29, 0.717) is 13.1 Å². The summed E-state index contributed by atoms with van der Waals surface area (Å²) in [6, 6.07) is 0. The lowest BCUT2D eigenvalue weighted by Gasteiger charge is -2.37. The Morgan fingerprint density at radius 3 is 2.14 bits per heavy atom. The summed E-state index contributed by atoms with van der Waals surface area (Å²) in [4.78, 5) is 13.8. The van der Waals surface area contributed by atoms with Gasteiger partial charge < -0.3 is 9.64 Å². The molecule has 0 saturated carbocycles. The molecule has 14 heavy (non-hydrogen) atoms. The molecular formula is C10H18BrNO2. The van der Waals surface area contributed by atoms with Gasteiger partial charge in [0.15, 0.2) is 0 Å². The highest BCUT2D eigenvalue weighted by atomic mass is 79.9. The molecule has 1 rings (SSSR count). The van der Waals surface area contributed by atoms with Gasteiger partial charge in [0.05, 0.1) is 16.5 Å². The minimum atomic E-state index is -0.468. The lowest BCUT2D eigenvalue weighted by Crippen LogP contribution is -2.52. The first kappa shape index (κ1) is 12.0. The maximum Gasteiger partial charge on any atom is 0.239 e. The van der Waals surface area contributed by atoms with E-state index in [-0.39, 0.29) is 18.1 Å². The third kappa shape index (κ3) is 2.95. The topological polar surface area (TPSA) is 29.5 Å². The number of ether oxygens (including phenoxy) is 1. The normalized spacial score (nSPS) is 29.1. The van der Waals surface area contributed by atoms with E-state index in [1.165, 1.54) is 0 Å². The quantitative estimate of drug-likeness (QED) is 0.676. The van der Waals surface area contributed by atoms with Crippen molar-refractivity contribution < 1.29 is 9.53 Å². The Hall–Kier alpha value is -0.0900. The molecule has 0 spiro atoms. The van der Waals surface area contributed by atoms with E-state index in [0.717, 1.165) is 0 Å². The van der Waals surface area contributed by atoms with Crippen LogP contribution < -0.4 is 0 Å². The highest BCUT2D eigenvalue weighted by molar-refractivity contribution is 9.10. The molecule has 2 unspecified atom stereocenters. The van der Waals surface area contributed by atoms with Gasteiger partial charge in [-0.3, -0.25) is 4.79 Å². The number of alkyl halides is 1. The highest BCUT2D eigenvalue weighted by Crippen LogP contribution is 2.22. The van der Waals surface area contributed by atoms with E-state index in [1.807, 2.05) is 32.6 Å². The van der Waals surface area contributed by atoms with E-state index in [4.69, 9.17) is 4.74 Å². The Morgan fingerprint density at radius 2 is 1.79 bits per heavy atom. The van der Waals surface area contributed by atoms with Crippen molar-refractivity contribution in [2.75, 3.05) is 13.1 Å². The number of halogens is 1. The summed E-state index contributed by atoms with van der Waals surface area (Å²) < 4.78 is 5.10. The average Bonchev–Trinajstić information content (AvgIpc) is 1.99. The molecule has 4 heteroatoms. The first-order valence-electron chi connectivity index (χ1n) is 4.94. The number of hydrogen-bond acceptors (Lipinski definition) is 2. The molecule has 1 fully saturated rings. The Labute approximate surface area is 93.9 Å². The number of amides is 1. The number of carbonyl (C=O) groups excluding carboxylic acids is 1. The Morgan fingerprint density at radius 1 is 1.36 bits per heavy atom. The second kappa shape index (κ2) is 4.19. The van der Waals surface area contributed by atoms with Crippen LogP contribution in [0.25, 0.3) is 0 Å². The molecule has 82 valence electrons. The maximum absolute atomic E-state index is 11.9. The van der Waals surface area contributed by atoms with Crippen molar-refractivity contribution in [1.29, 1.82) is 0 Å².